The molecular weight excluding hydrogens is 1800 g/mol. The first-order chi connectivity index (χ1) is 65.7. The average molecular weight is 1940 g/mol. The number of nitrogens with two attached hydrogens (primary N) is 1. The minimum atomic E-state index is -1.94. The molecule has 3 aromatic heterocycles. The van der Waals surface area contributed by atoms with Crippen LogP contribution in [0.1, 0.15) is 160 Å². The maximum absolute atomic E-state index is 15.9. The van der Waals surface area contributed by atoms with Crippen molar-refractivity contribution in [3.63, 3.8) is 0 Å². The van der Waals surface area contributed by atoms with Crippen LogP contribution >= 0.6 is 11.8 Å². The Labute approximate surface area is 804 Å². The van der Waals surface area contributed by atoms with Crippen LogP contribution in [-0.4, -0.2) is 333 Å². The van der Waals surface area contributed by atoms with Crippen LogP contribution in [0, 0.1) is 17.7 Å². The molecule has 0 saturated carbocycles. The van der Waals surface area contributed by atoms with Crippen molar-refractivity contribution in [3.8, 4) is 0 Å². The number of carboxylic acid groups (broad SMARTS) is 1. The summed E-state index contributed by atoms with van der Waals surface area (Å²) >= 11 is 0.860. The van der Waals surface area contributed by atoms with Crippen LogP contribution in [-0.2, 0) is 114 Å². The number of aliphatic carboxylic acids is 1. The fourth-order valence-electron chi connectivity index (χ4n) is 18.3. The standard InChI is InChI=1S/C96H133FN20O20S/c1-12-14-26-74-87(128)107-67(37-54(3)4)91(132)113(11)79(83(98)124)51-138-52-80(120)102-69(39-56-31-33-59(97)34-32-56)93(134)115-35-21-20-29-75(115)89(130)108-71(44-81(121)110(7)8)94(135)116-36-22-30-76(116)88(129)104-66(42-60-46-99-53-101-60)85(126)105-68(38-55(5)6)95(136)117-48-61(119)43-78(117)90(131)103-65(40-57-45-100-64-25-18-16-23-62(57)64)84(125)109-72(50-118)86(127)106-70(92(133)112(10)77(27-15-13-2)96(137)111(74)9)41-58-47-114(49-82(122)123)73-28-19-17-24-63(58)73/h16-19,23-25,28,31-34,45-47,53-55,61,65-72,74-79,100,118-119H,12-15,20-22,26-27,29-30,35-44,48-52H2,1-11H3,(H2,98,124)(H,99,101)(H,102,120)(H,103,131)(H,104,129)(H,105,126)(H,106,127)(H,107,128)(H,108,130)(H,109,125)(H,122,123)/t61-,65+,66+,67+,68+,69+,70+,71+,72+,74+,75+,76+,77+,78+,79+/m1/s1. The van der Waals surface area contributed by atoms with Crippen molar-refractivity contribution in [2.75, 3.05) is 73.0 Å². The van der Waals surface area contributed by atoms with Gasteiger partial charge >= 0.3 is 5.97 Å². The number of nitrogens with one attached hydrogen (secondary N) is 10. The molecule has 138 heavy (non-hydrogen) atoms. The van der Waals surface area contributed by atoms with Crippen LogP contribution in [0.2, 0.25) is 0 Å². The molecule has 3 aromatic carbocycles. The van der Waals surface area contributed by atoms with Gasteiger partial charge in [-0.3, -0.25) is 81.5 Å². The number of H-pyrrole nitrogens is 2. The molecule has 4 saturated heterocycles. The number of aromatic nitrogens is 4. The monoisotopic (exact) mass is 1940 g/mol. The van der Waals surface area contributed by atoms with E-state index in [-0.39, 0.29) is 101 Å². The number of carboxylic acids is 1. The van der Waals surface area contributed by atoms with Crippen LogP contribution in [0.3, 0.4) is 0 Å². The fraction of sp³-hybridized carbons (Fsp3) is 0.562. The Morgan fingerprint density at radius 1 is 0.551 bits per heavy atom. The summed E-state index contributed by atoms with van der Waals surface area (Å²) in [4.78, 5) is 272. The number of primary amides is 1. The van der Waals surface area contributed by atoms with Gasteiger partial charge < -0.3 is 112 Å². The molecule has 0 unspecified atom stereocenters. The highest BCUT2D eigenvalue weighted by atomic mass is 32.2. The van der Waals surface area contributed by atoms with Crippen molar-refractivity contribution in [1.29, 1.82) is 0 Å². The Bertz CT molecular complexity index is 5340. The Kier molecular flexibility index (Phi) is 38.8. The van der Waals surface area contributed by atoms with Gasteiger partial charge in [-0.1, -0.05) is 116 Å². The lowest BCUT2D eigenvalue weighted by Crippen LogP contribution is -2.62. The molecule has 4 aliphatic heterocycles. The van der Waals surface area contributed by atoms with E-state index in [4.69, 9.17) is 5.73 Å². The van der Waals surface area contributed by atoms with Gasteiger partial charge in [0, 0.05) is 133 Å². The Morgan fingerprint density at radius 3 is 1.69 bits per heavy atom. The average Bonchev–Trinajstić information content (AvgIpc) is 1.71. The third-order valence-corrected chi connectivity index (χ3v) is 26.8. The predicted molar refractivity (Wildman–Crippen MR) is 508 cm³/mol. The molecule has 42 heteroatoms. The highest BCUT2D eigenvalue weighted by Gasteiger charge is 2.48. The molecule has 4 aliphatic rings. The summed E-state index contributed by atoms with van der Waals surface area (Å²) in [5, 5.41) is 56.0. The van der Waals surface area contributed by atoms with E-state index in [0.29, 0.717) is 77.0 Å². The zero-order chi connectivity index (χ0) is 101. The highest BCUT2D eigenvalue weighted by molar-refractivity contribution is 8.00. The highest BCUT2D eigenvalue weighted by Crippen LogP contribution is 2.30. The summed E-state index contributed by atoms with van der Waals surface area (Å²) in [5.41, 5.74) is 8.56. The first kappa shape index (κ1) is 107. The lowest BCUT2D eigenvalue weighted by Gasteiger charge is -2.38. The quantitative estimate of drug-likeness (QED) is 0.0405. The number of piperidine rings is 1. The number of amides is 16. The zero-order valence-electron chi connectivity index (χ0n) is 80.1. The van der Waals surface area contributed by atoms with E-state index in [1.165, 1.54) is 90.3 Å². The number of rotatable bonds is 24. The zero-order valence-corrected chi connectivity index (χ0v) is 80.9. The number of unbranched alkanes of at least 4 members (excludes halogenated alkanes) is 2. The van der Waals surface area contributed by atoms with E-state index in [1.807, 2.05) is 13.8 Å². The van der Waals surface area contributed by atoms with Crippen molar-refractivity contribution in [2.24, 2.45) is 17.6 Å². The van der Waals surface area contributed by atoms with Crippen LogP contribution < -0.4 is 48.3 Å². The smallest absolute Gasteiger partial charge is 0.323 e. The molecule has 15 N–H and O–H groups in total. The fourth-order valence-corrected chi connectivity index (χ4v) is 19.3. The van der Waals surface area contributed by atoms with Crippen molar-refractivity contribution in [1.82, 2.24) is 96.4 Å². The van der Waals surface area contributed by atoms with Gasteiger partial charge in [-0.05, 0) is 111 Å². The molecule has 10 rings (SSSR count). The molecule has 0 bridgehead atoms. The van der Waals surface area contributed by atoms with Gasteiger partial charge in [-0.25, -0.2) is 9.37 Å². The number of carbonyl (C=O) groups is 17. The lowest BCUT2D eigenvalue weighted by molar-refractivity contribution is -0.150. The normalized spacial score (nSPS) is 25.2. The first-order valence-electron chi connectivity index (χ1n) is 47.3. The van der Waals surface area contributed by atoms with Crippen LogP contribution in [0.5, 0.6) is 0 Å². The minimum absolute atomic E-state index is 0.0110. The summed E-state index contributed by atoms with van der Waals surface area (Å²) in [5.74, 6) is -17.3. The van der Waals surface area contributed by atoms with Crippen LogP contribution in [0.4, 0.5) is 4.39 Å². The van der Waals surface area contributed by atoms with Gasteiger partial charge in [-0.2, -0.15) is 0 Å². The number of para-hydroxylation sites is 2. The molecule has 16 amide bonds. The number of hydrogen-bond donors (Lipinski definition) is 14. The van der Waals surface area contributed by atoms with Crippen molar-refractivity contribution >= 4 is 134 Å². The number of aromatic amines is 2. The van der Waals surface area contributed by atoms with E-state index >= 15 is 62.3 Å². The molecule has 0 radical (unpaired) electrons. The molecule has 6 aromatic rings. The molecular formula is C96H133FN20O20S. The molecule has 7 heterocycles. The summed E-state index contributed by atoms with van der Waals surface area (Å²) in [6, 6.07) is -2.57. The number of benzene rings is 3. The summed E-state index contributed by atoms with van der Waals surface area (Å²) < 4.78 is 16.0. The van der Waals surface area contributed by atoms with Gasteiger partial charge in [0.1, 0.15) is 96.9 Å². The summed E-state index contributed by atoms with van der Waals surface area (Å²) in [6.07, 6.45) is 4.75. The SMILES string of the molecule is CCCC[C@H]1C(=O)N(C)[C@@H](CCCC)C(=O)N[C@@H](CC(C)C)C(=O)N(C)[C@H](C(N)=O)CSCC(=O)N[C@@H](Cc2ccc(F)cc2)C(=O)N2CCCC[C@H]2C(=O)N[C@@H](CC(=O)N(C)C)C(=O)N2CCC[C@H]2C(=O)N[C@@H](Cc2c[nH]cn2)C(=O)N[C@@H](CC(C)C)C(=O)N2C[C@H](O)C[C@H]2C(=O)N[C@@H](Cc2c[nH]c3ccccc23)C(=O)N[C@@H](CO)C(=O)N[C@@H](Cc2cn(CC(=O)O)c3ccccc23)C(=O)N1C. The largest absolute Gasteiger partial charge is 0.480 e. The molecule has 4 fully saturated rings. The number of carbonyl (C=O) groups excluding carboxylic acids is 16. The maximum atomic E-state index is 15.9. The Morgan fingerprint density at radius 2 is 1.07 bits per heavy atom. The third-order valence-electron chi connectivity index (χ3n) is 25.8. The Hall–Kier alpha value is -12.9. The van der Waals surface area contributed by atoms with E-state index < -0.39 is 242 Å². The van der Waals surface area contributed by atoms with Crippen molar-refractivity contribution in [2.45, 2.75) is 261 Å². The van der Waals surface area contributed by atoms with Gasteiger partial charge in [0.15, 0.2) is 0 Å². The second-order valence-electron chi connectivity index (χ2n) is 37.3. The number of fused-ring (bicyclic) bond motifs is 5. The Balaban J connectivity index is 1.03. The first-order valence-corrected chi connectivity index (χ1v) is 48.4. The molecule has 0 aliphatic carbocycles. The van der Waals surface area contributed by atoms with Crippen molar-refractivity contribution in [3.05, 3.63) is 126 Å². The number of thioether (sulfide) groups is 1. The molecule has 40 nitrogen and oxygen atoms in total. The van der Waals surface area contributed by atoms with Gasteiger partial charge in [0.05, 0.1) is 36.9 Å². The second-order valence-corrected chi connectivity index (χ2v) is 38.3. The number of aliphatic hydroxyl groups excluding tert-OH is 2. The van der Waals surface area contributed by atoms with E-state index in [0.717, 1.165) is 38.6 Å². The van der Waals surface area contributed by atoms with E-state index in [1.54, 1.807) is 82.4 Å². The topological polar surface area (TPSA) is 545 Å². The molecule has 750 valence electrons. The number of likely N-dealkylation sites (N-methyl/N-ethyl adjacent to an activating group) is 3. The van der Waals surface area contributed by atoms with Gasteiger partial charge in [0.2, 0.25) is 94.5 Å². The third kappa shape index (κ3) is 28.0. The summed E-state index contributed by atoms with van der Waals surface area (Å²) in [6.45, 7) is 8.50. The number of hydrogen-bond acceptors (Lipinski definition) is 21. The van der Waals surface area contributed by atoms with E-state index in [9.17, 15) is 38.9 Å². The number of imidazole rings is 1. The second kappa shape index (κ2) is 49.9. The number of aliphatic hydroxyl groups is 2. The van der Waals surface area contributed by atoms with E-state index in [2.05, 4.69) is 57.5 Å². The van der Waals surface area contributed by atoms with Gasteiger partial charge in [0.25, 0.3) is 0 Å². The minimum Gasteiger partial charge on any atom is -0.480 e. The molecule has 15 atom stereocenters. The number of halogens is 1. The summed E-state index contributed by atoms with van der Waals surface area (Å²) in [7, 11) is 6.85. The van der Waals surface area contributed by atoms with Crippen LogP contribution in [0.25, 0.3) is 21.8 Å². The predicted octanol–water partition coefficient (Wildman–Crippen LogP) is 1.21. The number of nitrogens with zero attached hydrogens (tertiary/aromatic N) is 9. The van der Waals surface area contributed by atoms with Crippen LogP contribution in [0.15, 0.2) is 97.7 Å². The lowest BCUT2D eigenvalue weighted by atomic mass is 9.97. The molecule has 0 spiro atoms. The van der Waals surface area contributed by atoms with Crippen molar-refractivity contribution < 1.29 is 101 Å². The maximum Gasteiger partial charge on any atom is 0.323 e. The van der Waals surface area contributed by atoms with Gasteiger partial charge in [-0.15, -0.1) is 11.8 Å².